The van der Waals surface area contributed by atoms with Crippen LogP contribution < -0.4 is 20.7 Å². The van der Waals surface area contributed by atoms with Crippen molar-refractivity contribution in [2.75, 3.05) is 32.1 Å². The van der Waals surface area contributed by atoms with Gasteiger partial charge in [-0.2, -0.15) is 13.2 Å². The highest BCUT2D eigenvalue weighted by Gasteiger charge is 2.35. The maximum absolute atomic E-state index is 14.0. The summed E-state index contributed by atoms with van der Waals surface area (Å²) < 4.78 is 77.4. The molecular weight excluding hydrogens is 687 g/mol. The molecule has 15 heteroatoms. The van der Waals surface area contributed by atoms with Crippen molar-refractivity contribution in [1.29, 1.82) is 0 Å². The molecule has 1 saturated heterocycles. The Morgan fingerprint density at radius 1 is 0.941 bits per heavy atom. The van der Waals surface area contributed by atoms with Gasteiger partial charge < -0.3 is 25.4 Å². The van der Waals surface area contributed by atoms with E-state index in [0.29, 0.717) is 31.1 Å². The molecule has 3 atom stereocenters. The zero-order valence-corrected chi connectivity index (χ0v) is 28.4. The molecule has 1 fully saturated rings. The van der Waals surface area contributed by atoms with Crippen molar-refractivity contribution >= 4 is 27.7 Å². The molecule has 1 aliphatic heterocycles. The fraction of sp³-hybridized carbons (Fsp3) is 0.306. The van der Waals surface area contributed by atoms with Gasteiger partial charge in [-0.1, -0.05) is 84.9 Å². The first-order valence-corrected chi connectivity index (χ1v) is 17.6. The number of amides is 2. The molecule has 51 heavy (non-hydrogen) atoms. The Balaban J connectivity index is 1.20. The average Bonchev–Trinajstić information content (AvgIpc) is 3.14. The van der Waals surface area contributed by atoms with Crippen molar-refractivity contribution in [2.45, 2.75) is 48.1 Å². The second-order valence-corrected chi connectivity index (χ2v) is 13.6. The molecule has 4 N–H and O–H groups in total. The predicted molar refractivity (Wildman–Crippen MR) is 183 cm³/mol. The van der Waals surface area contributed by atoms with Crippen molar-refractivity contribution < 1.29 is 40.7 Å². The number of alkyl carbamates (subject to hydrolysis) is 1. The van der Waals surface area contributed by atoms with Gasteiger partial charge in [0.1, 0.15) is 11.7 Å². The van der Waals surface area contributed by atoms with E-state index in [-0.39, 0.29) is 19.3 Å². The van der Waals surface area contributed by atoms with Gasteiger partial charge in [0.25, 0.3) is 10.0 Å². The van der Waals surface area contributed by atoms with Crippen LogP contribution in [0.1, 0.15) is 34.7 Å². The molecule has 2 heterocycles. The van der Waals surface area contributed by atoms with E-state index in [1.54, 1.807) is 12.1 Å². The number of morpholine rings is 1. The maximum atomic E-state index is 14.0. The summed E-state index contributed by atoms with van der Waals surface area (Å²) in [4.78, 5) is 29.8. The summed E-state index contributed by atoms with van der Waals surface area (Å²) in [7, 11) is -3.05. The van der Waals surface area contributed by atoms with Crippen LogP contribution in [0, 0.1) is 0 Å². The van der Waals surface area contributed by atoms with Gasteiger partial charge in [-0.05, 0) is 47.7 Å². The molecule has 270 valence electrons. The van der Waals surface area contributed by atoms with Gasteiger partial charge in [0.2, 0.25) is 5.91 Å². The highest BCUT2D eigenvalue weighted by molar-refractivity contribution is 7.89. The Hall–Kier alpha value is -4.83. The lowest BCUT2D eigenvalue weighted by Gasteiger charge is -2.31. The Kier molecular flexibility index (Phi) is 12.4. The Bertz CT molecular complexity index is 1840. The number of ether oxygens (including phenoxy) is 2. The third kappa shape index (κ3) is 10.1. The lowest BCUT2D eigenvalue weighted by Crippen LogP contribution is -2.51. The van der Waals surface area contributed by atoms with Crippen LogP contribution in [0.25, 0.3) is 0 Å². The number of sulfonamides is 1. The molecule has 2 amide bonds. The van der Waals surface area contributed by atoms with E-state index in [1.165, 1.54) is 7.11 Å². The summed E-state index contributed by atoms with van der Waals surface area (Å²) in [5, 5.41) is 8.25. The largest absolute Gasteiger partial charge is 0.453 e. The van der Waals surface area contributed by atoms with Crippen LogP contribution in [0.2, 0.25) is 0 Å². The predicted octanol–water partition coefficient (Wildman–Crippen LogP) is 4.86. The molecule has 0 aliphatic carbocycles. The van der Waals surface area contributed by atoms with Gasteiger partial charge in [-0.15, -0.1) is 0 Å². The van der Waals surface area contributed by atoms with Gasteiger partial charge in [0, 0.05) is 30.7 Å². The number of rotatable bonds is 13. The number of pyridine rings is 1. The second kappa shape index (κ2) is 16.9. The number of anilines is 1. The molecule has 1 aliphatic rings. The number of carbonyl (C=O) groups is 2. The number of nitrogens with zero attached hydrogens (tertiary/aromatic N) is 1. The molecule has 0 radical (unpaired) electrons. The summed E-state index contributed by atoms with van der Waals surface area (Å²) in [5.74, 6) is -0.967. The standard InChI is InChI=1S/C36H38F3N5O6S/c1-49-35(46)44-33(32(25-12-4-2-5-13-25)26-14-6-3-7-15-26)34(45)42-29-16-9-8-11-24(29)19-20-28-22-40-27(23-50-28)21-41-51(47,48)31-18-10-17-30(43-31)36(37,38)39/h2-18,27-28,32-33,40-41H,19-23H2,1H3,(H,42,45)(H,44,46)/t27-,28-,33?/m1/s1. The zero-order chi connectivity index (χ0) is 36.4. The molecule has 1 aromatic heterocycles. The van der Waals surface area contributed by atoms with Crippen LogP contribution in [0.3, 0.4) is 0 Å². The molecule has 5 rings (SSSR count). The summed E-state index contributed by atoms with van der Waals surface area (Å²) >= 11 is 0. The smallest absolute Gasteiger partial charge is 0.433 e. The van der Waals surface area contributed by atoms with Gasteiger partial charge in [-0.25, -0.2) is 22.9 Å². The molecule has 11 nitrogen and oxygen atoms in total. The number of alkyl halides is 3. The van der Waals surface area contributed by atoms with Gasteiger partial charge >= 0.3 is 12.3 Å². The van der Waals surface area contributed by atoms with Gasteiger partial charge in [0.15, 0.2) is 5.03 Å². The van der Waals surface area contributed by atoms with E-state index >= 15 is 0 Å². The molecule has 4 aromatic rings. The highest BCUT2D eigenvalue weighted by atomic mass is 32.2. The summed E-state index contributed by atoms with van der Waals surface area (Å²) in [6.45, 7) is 0.433. The molecule has 3 aromatic carbocycles. The number of hydrogen-bond acceptors (Lipinski definition) is 8. The fourth-order valence-electron chi connectivity index (χ4n) is 5.76. The number of hydrogen-bond donors (Lipinski definition) is 4. The SMILES string of the molecule is COC(=O)NC(C(=O)Nc1ccccc1CC[C@@H]1CN[C@H](CNS(=O)(=O)c2cccc(C(F)(F)F)n2)CO1)C(c1ccccc1)c1ccccc1. The van der Waals surface area contributed by atoms with E-state index in [4.69, 9.17) is 9.47 Å². The van der Waals surface area contributed by atoms with Crippen LogP contribution in [-0.2, 0) is 36.9 Å². The first-order chi connectivity index (χ1) is 24.4. The maximum Gasteiger partial charge on any atom is 0.433 e. The van der Waals surface area contributed by atoms with E-state index in [9.17, 15) is 31.2 Å². The fourth-order valence-corrected chi connectivity index (χ4v) is 6.81. The van der Waals surface area contributed by atoms with Gasteiger partial charge in [-0.3, -0.25) is 4.79 Å². The molecular formula is C36H38F3N5O6S. The van der Waals surface area contributed by atoms with Crippen LogP contribution in [0.15, 0.2) is 108 Å². The minimum atomic E-state index is -4.77. The lowest BCUT2D eigenvalue weighted by molar-refractivity contribution is -0.141. The Morgan fingerprint density at radius 2 is 1.59 bits per heavy atom. The third-order valence-corrected chi connectivity index (χ3v) is 9.70. The number of para-hydroxylation sites is 1. The average molecular weight is 726 g/mol. The topological polar surface area (TPSA) is 148 Å². The number of aromatic nitrogens is 1. The van der Waals surface area contributed by atoms with Crippen LogP contribution in [0.4, 0.5) is 23.7 Å². The van der Waals surface area contributed by atoms with Crippen molar-refractivity contribution in [3.63, 3.8) is 0 Å². The van der Waals surface area contributed by atoms with Crippen molar-refractivity contribution in [3.8, 4) is 0 Å². The zero-order valence-electron chi connectivity index (χ0n) is 27.6. The third-order valence-electron chi connectivity index (χ3n) is 8.38. The van der Waals surface area contributed by atoms with Crippen molar-refractivity contribution in [3.05, 3.63) is 126 Å². The number of benzene rings is 3. The Morgan fingerprint density at radius 3 is 2.20 bits per heavy atom. The molecule has 0 saturated carbocycles. The quantitative estimate of drug-likeness (QED) is 0.153. The van der Waals surface area contributed by atoms with Crippen molar-refractivity contribution in [2.24, 2.45) is 0 Å². The number of halogens is 3. The number of nitrogens with one attached hydrogen (secondary N) is 4. The number of carbonyl (C=O) groups excluding carboxylic acids is 2. The van der Waals surface area contributed by atoms with E-state index < -0.39 is 56.9 Å². The first kappa shape index (κ1) is 37.4. The second-order valence-electron chi connectivity index (χ2n) is 11.9. The first-order valence-electron chi connectivity index (χ1n) is 16.2. The molecule has 0 bridgehead atoms. The number of aryl methyl sites for hydroxylation is 1. The van der Waals surface area contributed by atoms with E-state index in [2.05, 4.69) is 25.7 Å². The highest BCUT2D eigenvalue weighted by Crippen LogP contribution is 2.30. The monoisotopic (exact) mass is 725 g/mol. The number of methoxy groups -OCH3 is 1. The molecule has 1 unspecified atom stereocenters. The Labute approximate surface area is 294 Å². The van der Waals surface area contributed by atoms with Gasteiger partial charge in [0.05, 0.1) is 19.8 Å². The summed E-state index contributed by atoms with van der Waals surface area (Å²) in [6.07, 6.45) is -4.67. The lowest BCUT2D eigenvalue weighted by atomic mass is 9.84. The minimum Gasteiger partial charge on any atom is -0.453 e. The van der Waals surface area contributed by atoms with Crippen molar-refractivity contribution in [1.82, 2.24) is 20.3 Å². The van der Waals surface area contributed by atoms with E-state index in [0.717, 1.165) is 28.8 Å². The normalized spacial score (nSPS) is 17.0. The summed E-state index contributed by atoms with van der Waals surface area (Å²) in [5.41, 5.74) is 1.77. The van der Waals surface area contributed by atoms with Crippen LogP contribution in [-0.4, -0.2) is 70.4 Å². The van der Waals surface area contributed by atoms with Crippen LogP contribution in [0.5, 0.6) is 0 Å². The summed E-state index contributed by atoms with van der Waals surface area (Å²) in [6, 6.07) is 27.4. The molecule has 0 spiro atoms. The minimum absolute atomic E-state index is 0.115. The van der Waals surface area contributed by atoms with Crippen LogP contribution >= 0.6 is 0 Å². The van der Waals surface area contributed by atoms with E-state index in [1.807, 2.05) is 72.8 Å².